The molecule has 1 N–H and O–H groups in total. The topological polar surface area (TPSA) is 99.2 Å². The van der Waals surface area contributed by atoms with Gasteiger partial charge < -0.3 is 14.5 Å². The van der Waals surface area contributed by atoms with Gasteiger partial charge in [0.05, 0.1) is 24.2 Å². The van der Waals surface area contributed by atoms with Crippen molar-refractivity contribution in [3.05, 3.63) is 48.2 Å². The van der Waals surface area contributed by atoms with Crippen LogP contribution in [-0.2, 0) is 9.53 Å². The number of benzene rings is 1. The molecule has 0 atom stereocenters. The Labute approximate surface area is 190 Å². The Balaban J connectivity index is 1.42. The fourth-order valence-corrected chi connectivity index (χ4v) is 4.65. The molecular formula is C23H26N4O4S. The van der Waals surface area contributed by atoms with E-state index in [0.717, 1.165) is 18.0 Å². The molecule has 1 fully saturated rings. The average molecular weight is 455 g/mol. The number of nitrogens with zero attached hydrogens (tertiary/aromatic N) is 3. The van der Waals surface area contributed by atoms with Crippen LogP contribution < -0.4 is 5.32 Å². The lowest BCUT2D eigenvalue weighted by Gasteiger charge is -2.25. The summed E-state index contributed by atoms with van der Waals surface area (Å²) in [5.74, 6) is 1.05. The maximum absolute atomic E-state index is 12.5. The van der Waals surface area contributed by atoms with Gasteiger partial charge in [-0.25, -0.2) is 4.79 Å². The predicted molar refractivity (Wildman–Crippen MR) is 122 cm³/mol. The van der Waals surface area contributed by atoms with Crippen LogP contribution >= 0.6 is 11.8 Å². The maximum Gasteiger partial charge on any atom is 0.338 e. The van der Waals surface area contributed by atoms with Gasteiger partial charge in [0.25, 0.3) is 0 Å². The number of carbonyl (C=O) groups excluding carboxylic acids is 2. The molecule has 8 nitrogen and oxygen atoms in total. The molecule has 4 rings (SSSR count). The van der Waals surface area contributed by atoms with Crippen molar-refractivity contribution in [2.45, 2.75) is 50.2 Å². The fraction of sp³-hybridized carbons (Fsp3) is 0.391. The van der Waals surface area contributed by atoms with Crippen molar-refractivity contribution in [3.63, 3.8) is 0 Å². The molecule has 0 bridgehead atoms. The monoisotopic (exact) mass is 454 g/mol. The number of anilines is 1. The van der Waals surface area contributed by atoms with Crippen molar-refractivity contribution < 1.29 is 18.7 Å². The molecule has 2 heterocycles. The zero-order chi connectivity index (χ0) is 22.3. The molecule has 1 saturated carbocycles. The SMILES string of the molecule is CCOC(=O)c1ccc(NC(=O)CSc2nnc(-c3ccco3)n2C2CCCCC2)cc1. The minimum atomic E-state index is -0.379. The minimum Gasteiger partial charge on any atom is -0.462 e. The standard InChI is InChI=1S/C23H26N4O4S/c1-2-30-22(29)16-10-12-17(13-11-16)24-20(28)15-32-23-26-25-21(19-9-6-14-31-19)27(23)18-7-4-3-5-8-18/h6,9-14,18H,2-5,7-8,15H2,1H3,(H,24,28). The summed E-state index contributed by atoms with van der Waals surface area (Å²) in [4.78, 5) is 24.3. The summed E-state index contributed by atoms with van der Waals surface area (Å²) in [7, 11) is 0. The summed E-state index contributed by atoms with van der Waals surface area (Å²) in [6.45, 7) is 2.08. The molecule has 0 unspecified atom stereocenters. The third kappa shape index (κ3) is 5.21. The lowest BCUT2D eigenvalue weighted by atomic mass is 9.95. The van der Waals surface area contributed by atoms with E-state index in [4.69, 9.17) is 9.15 Å². The number of nitrogens with one attached hydrogen (secondary N) is 1. The summed E-state index contributed by atoms with van der Waals surface area (Å²) in [6.07, 6.45) is 7.35. The fourth-order valence-electron chi connectivity index (χ4n) is 3.85. The van der Waals surface area contributed by atoms with E-state index in [1.54, 1.807) is 37.5 Å². The van der Waals surface area contributed by atoms with Crippen LogP contribution in [0.15, 0.2) is 52.2 Å². The van der Waals surface area contributed by atoms with Crippen molar-refractivity contribution >= 4 is 29.3 Å². The third-order valence-electron chi connectivity index (χ3n) is 5.36. The predicted octanol–water partition coefficient (Wildman–Crippen LogP) is 4.95. The van der Waals surface area contributed by atoms with E-state index in [1.807, 2.05) is 12.1 Å². The largest absolute Gasteiger partial charge is 0.462 e. The van der Waals surface area contributed by atoms with Crippen molar-refractivity contribution in [2.24, 2.45) is 0 Å². The molecule has 0 spiro atoms. The van der Waals surface area contributed by atoms with Gasteiger partial charge in [-0.2, -0.15) is 0 Å². The highest BCUT2D eigenvalue weighted by atomic mass is 32.2. The number of hydrogen-bond acceptors (Lipinski definition) is 7. The number of aromatic nitrogens is 3. The van der Waals surface area contributed by atoms with Crippen molar-refractivity contribution in [2.75, 3.05) is 17.7 Å². The first-order valence-corrected chi connectivity index (χ1v) is 11.8. The van der Waals surface area contributed by atoms with E-state index in [2.05, 4.69) is 20.1 Å². The summed E-state index contributed by atoms with van der Waals surface area (Å²) in [5.41, 5.74) is 1.07. The number of furan rings is 1. The van der Waals surface area contributed by atoms with E-state index in [1.165, 1.54) is 31.0 Å². The van der Waals surface area contributed by atoms with Crippen LogP contribution in [0.2, 0.25) is 0 Å². The third-order valence-corrected chi connectivity index (χ3v) is 6.30. The lowest BCUT2D eigenvalue weighted by Crippen LogP contribution is -2.17. The zero-order valence-corrected chi connectivity index (χ0v) is 18.8. The second-order valence-electron chi connectivity index (χ2n) is 7.58. The first kappa shape index (κ1) is 22.1. The highest BCUT2D eigenvalue weighted by molar-refractivity contribution is 7.99. The van der Waals surface area contributed by atoms with Crippen LogP contribution in [0, 0.1) is 0 Å². The minimum absolute atomic E-state index is 0.156. The Hall–Kier alpha value is -3.07. The Morgan fingerprint density at radius 1 is 1.16 bits per heavy atom. The number of thioether (sulfide) groups is 1. The zero-order valence-electron chi connectivity index (χ0n) is 18.0. The second-order valence-corrected chi connectivity index (χ2v) is 8.52. The maximum atomic E-state index is 12.5. The summed E-state index contributed by atoms with van der Waals surface area (Å²) >= 11 is 1.36. The molecule has 1 amide bonds. The van der Waals surface area contributed by atoms with Gasteiger partial charge in [0.2, 0.25) is 11.7 Å². The number of carbonyl (C=O) groups is 2. The molecule has 0 aliphatic heterocycles. The van der Waals surface area contributed by atoms with Gasteiger partial charge in [0.1, 0.15) is 0 Å². The normalized spacial score (nSPS) is 14.3. The molecule has 0 radical (unpaired) electrons. The Morgan fingerprint density at radius 3 is 2.62 bits per heavy atom. The molecule has 168 valence electrons. The van der Waals surface area contributed by atoms with Gasteiger partial charge in [-0.05, 0) is 56.2 Å². The molecular weight excluding hydrogens is 428 g/mol. The number of hydrogen-bond donors (Lipinski definition) is 1. The molecule has 0 saturated heterocycles. The van der Waals surface area contributed by atoms with Gasteiger partial charge in [0.15, 0.2) is 10.9 Å². The molecule has 9 heteroatoms. The number of ether oxygens (including phenoxy) is 1. The summed E-state index contributed by atoms with van der Waals surface area (Å²) < 4.78 is 12.7. The molecule has 1 aromatic carbocycles. The van der Waals surface area contributed by atoms with E-state index in [0.29, 0.717) is 35.5 Å². The van der Waals surface area contributed by atoms with E-state index in [9.17, 15) is 9.59 Å². The van der Waals surface area contributed by atoms with Crippen LogP contribution in [0.3, 0.4) is 0 Å². The lowest BCUT2D eigenvalue weighted by molar-refractivity contribution is -0.113. The van der Waals surface area contributed by atoms with Gasteiger partial charge in [0, 0.05) is 11.7 Å². The van der Waals surface area contributed by atoms with Crippen LogP contribution in [0.4, 0.5) is 5.69 Å². The Kier molecular flexibility index (Phi) is 7.26. The van der Waals surface area contributed by atoms with Crippen molar-refractivity contribution in [3.8, 4) is 11.6 Å². The van der Waals surface area contributed by atoms with Gasteiger partial charge in [-0.3, -0.25) is 9.36 Å². The van der Waals surface area contributed by atoms with Crippen molar-refractivity contribution in [1.29, 1.82) is 0 Å². The Morgan fingerprint density at radius 2 is 1.94 bits per heavy atom. The van der Waals surface area contributed by atoms with Crippen LogP contribution in [-0.4, -0.2) is 39.0 Å². The summed E-state index contributed by atoms with van der Waals surface area (Å²) in [5, 5.41) is 12.3. The van der Waals surface area contributed by atoms with E-state index in [-0.39, 0.29) is 17.6 Å². The highest BCUT2D eigenvalue weighted by Crippen LogP contribution is 2.35. The quantitative estimate of drug-likeness (QED) is 0.380. The van der Waals surface area contributed by atoms with E-state index < -0.39 is 0 Å². The number of amides is 1. The molecule has 32 heavy (non-hydrogen) atoms. The number of rotatable bonds is 8. The first-order chi connectivity index (χ1) is 15.7. The average Bonchev–Trinajstić information content (AvgIpc) is 3.49. The Bertz CT molecular complexity index is 1040. The van der Waals surface area contributed by atoms with Gasteiger partial charge >= 0.3 is 5.97 Å². The van der Waals surface area contributed by atoms with Crippen LogP contribution in [0.5, 0.6) is 0 Å². The summed E-state index contributed by atoms with van der Waals surface area (Å²) in [6, 6.07) is 10.7. The highest BCUT2D eigenvalue weighted by Gasteiger charge is 2.25. The molecule has 3 aromatic rings. The molecule has 1 aliphatic carbocycles. The molecule has 1 aliphatic rings. The van der Waals surface area contributed by atoms with Crippen LogP contribution in [0.25, 0.3) is 11.6 Å². The van der Waals surface area contributed by atoms with Gasteiger partial charge in [-0.1, -0.05) is 31.0 Å². The van der Waals surface area contributed by atoms with E-state index >= 15 is 0 Å². The number of esters is 1. The van der Waals surface area contributed by atoms with Crippen molar-refractivity contribution in [1.82, 2.24) is 14.8 Å². The molecule has 2 aromatic heterocycles. The van der Waals surface area contributed by atoms with Gasteiger partial charge in [-0.15, -0.1) is 10.2 Å². The smallest absolute Gasteiger partial charge is 0.338 e. The second kappa shape index (κ2) is 10.5. The first-order valence-electron chi connectivity index (χ1n) is 10.8. The van der Waals surface area contributed by atoms with Crippen LogP contribution in [0.1, 0.15) is 55.4 Å².